The maximum Gasteiger partial charge on any atom is 0.230 e. The van der Waals surface area contributed by atoms with E-state index in [1.165, 1.54) is 11.8 Å². The first-order valence-electron chi connectivity index (χ1n) is 10.9. The number of carbonyl (C=O) groups excluding carboxylic acids is 1. The molecule has 5 rings (SSSR count). The van der Waals surface area contributed by atoms with Crippen LogP contribution in [0.3, 0.4) is 0 Å². The zero-order chi connectivity index (χ0) is 23.2. The molecular weight excluding hydrogens is 450 g/mol. The molecule has 0 spiro atoms. The van der Waals surface area contributed by atoms with E-state index in [4.69, 9.17) is 9.47 Å². The van der Waals surface area contributed by atoms with E-state index in [2.05, 4.69) is 32.6 Å². The Kier molecular flexibility index (Phi) is 6.71. The summed E-state index contributed by atoms with van der Waals surface area (Å²) in [6, 6.07) is 21.4. The normalized spacial score (nSPS) is 14.5. The number of aromatic nitrogens is 4. The molecule has 34 heavy (non-hydrogen) atoms. The summed E-state index contributed by atoms with van der Waals surface area (Å²) in [5.74, 6) is 2.24. The fraction of sp³-hybridized carbons (Fsp3) is 0.200. The number of fused-ring (bicyclic) bond motifs is 1. The number of amides is 1. The molecule has 4 aromatic rings. The summed E-state index contributed by atoms with van der Waals surface area (Å²) in [5.41, 5.74) is 1.99. The number of thioether (sulfide) groups is 1. The van der Waals surface area contributed by atoms with Crippen LogP contribution in [-0.4, -0.2) is 50.7 Å². The Morgan fingerprint density at radius 3 is 2.68 bits per heavy atom. The lowest BCUT2D eigenvalue weighted by molar-refractivity contribution is -0.119. The van der Waals surface area contributed by atoms with Crippen molar-refractivity contribution in [2.24, 2.45) is 0 Å². The lowest BCUT2D eigenvalue weighted by atomic mass is 10.2. The van der Waals surface area contributed by atoms with Gasteiger partial charge >= 0.3 is 0 Å². The van der Waals surface area contributed by atoms with E-state index in [-0.39, 0.29) is 17.8 Å². The Labute approximate surface area is 201 Å². The van der Waals surface area contributed by atoms with Gasteiger partial charge in [-0.1, -0.05) is 54.2 Å². The molecule has 0 radical (unpaired) electrons. The lowest BCUT2D eigenvalue weighted by Crippen LogP contribution is -2.41. The summed E-state index contributed by atoms with van der Waals surface area (Å²) < 4.78 is 13.6. The second-order valence-electron chi connectivity index (χ2n) is 7.71. The number of nitrogens with zero attached hydrogens (tertiary/aromatic N) is 4. The Balaban J connectivity index is 1.22. The summed E-state index contributed by atoms with van der Waals surface area (Å²) in [7, 11) is 0. The molecule has 2 aromatic carbocycles. The molecule has 0 saturated heterocycles. The van der Waals surface area contributed by atoms with Crippen LogP contribution in [-0.2, 0) is 11.3 Å². The molecule has 1 aliphatic heterocycles. The third-order valence-corrected chi connectivity index (χ3v) is 6.21. The molecule has 0 aliphatic carbocycles. The molecule has 2 aromatic heterocycles. The van der Waals surface area contributed by atoms with Gasteiger partial charge in [-0.3, -0.25) is 14.3 Å². The average molecular weight is 474 g/mol. The predicted molar refractivity (Wildman–Crippen MR) is 129 cm³/mol. The van der Waals surface area contributed by atoms with Gasteiger partial charge in [0.25, 0.3) is 0 Å². The first-order valence-corrected chi connectivity index (χ1v) is 11.9. The van der Waals surface area contributed by atoms with Gasteiger partial charge in [0.1, 0.15) is 12.7 Å². The zero-order valence-corrected chi connectivity index (χ0v) is 19.1. The summed E-state index contributed by atoms with van der Waals surface area (Å²) in [6.07, 6.45) is 3.25. The van der Waals surface area contributed by atoms with E-state index in [1.807, 2.05) is 59.2 Å². The number of ether oxygens (including phenoxy) is 2. The van der Waals surface area contributed by atoms with Crippen molar-refractivity contribution >= 4 is 17.7 Å². The van der Waals surface area contributed by atoms with Crippen LogP contribution in [0.5, 0.6) is 11.5 Å². The van der Waals surface area contributed by atoms with Crippen LogP contribution in [0.15, 0.2) is 84.3 Å². The Morgan fingerprint density at radius 2 is 1.85 bits per heavy atom. The van der Waals surface area contributed by atoms with E-state index < -0.39 is 0 Å². The highest BCUT2D eigenvalue weighted by Gasteiger charge is 2.21. The second kappa shape index (κ2) is 10.4. The minimum atomic E-state index is -0.234. The SMILES string of the molecule is O=C(CSc1nnc(-c2cccnc2)n1Cc1ccccc1)NC[C@@H]1COc2ccccc2O1. The first kappa shape index (κ1) is 22.0. The number of hydrogen-bond acceptors (Lipinski definition) is 7. The fourth-order valence-corrected chi connectivity index (χ4v) is 4.35. The van der Waals surface area contributed by atoms with Crippen molar-refractivity contribution < 1.29 is 14.3 Å². The highest BCUT2D eigenvalue weighted by Crippen LogP contribution is 2.30. The molecular formula is C25H23N5O3S. The van der Waals surface area contributed by atoms with Gasteiger partial charge in [0.2, 0.25) is 5.91 Å². The summed E-state index contributed by atoms with van der Waals surface area (Å²) >= 11 is 1.35. The standard InChI is InChI=1S/C25H23N5O3S/c31-23(27-14-20-16-32-21-10-4-5-11-22(21)33-20)17-34-25-29-28-24(19-9-6-12-26-13-19)30(25)15-18-7-2-1-3-8-18/h1-13,20H,14-17H2,(H,27,31)/t20-/m1/s1. The maximum atomic E-state index is 12.6. The van der Waals surface area contributed by atoms with Crippen LogP contribution in [0.25, 0.3) is 11.4 Å². The quantitative estimate of drug-likeness (QED) is 0.392. The molecule has 0 fully saturated rings. The predicted octanol–water partition coefficient (Wildman–Crippen LogP) is 3.44. The van der Waals surface area contributed by atoms with Crippen LogP contribution < -0.4 is 14.8 Å². The van der Waals surface area contributed by atoms with Crippen LogP contribution >= 0.6 is 11.8 Å². The van der Waals surface area contributed by atoms with E-state index in [0.29, 0.717) is 36.4 Å². The van der Waals surface area contributed by atoms with Crippen molar-refractivity contribution in [2.75, 3.05) is 18.9 Å². The number of para-hydroxylation sites is 2. The molecule has 172 valence electrons. The van der Waals surface area contributed by atoms with Crippen molar-refractivity contribution in [2.45, 2.75) is 17.8 Å². The van der Waals surface area contributed by atoms with Crippen molar-refractivity contribution in [3.05, 3.63) is 84.7 Å². The Morgan fingerprint density at radius 1 is 1.03 bits per heavy atom. The Hall–Kier alpha value is -3.85. The largest absolute Gasteiger partial charge is 0.486 e. The summed E-state index contributed by atoms with van der Waals surface area (Å²) in [5, 5.41) is 12.3. The van der Waals surface area contributed by atoms with Gasteiger partial charge in [-0.25, -0.2) is 0 Å². The molecule has 8 nitrogen and oxygen atoms in total. The number of benzene rings is 2. The molecule has 0 unspecified atom stereocenters. The van der Waals surface area contributed by atoms with E-state index in [9.17, 15) is 4.79 Å². The van der Waals surface area contributed by atoms with E-state index in [1.54, 1.807) is 12.4 Å². The number of pyridine rings is 1. The molecule has 3 heterocycles. The van der Waals surface area contributed by atoms with Gasteiger partial charge in [0, 0.05) is 18.0 Å². The van der Waals surface area contributed by atoms with Crippen LogP contribution in [0.4, 0.5) is 0 Å². The van der Waals surface area contributed by atoms with Crippen LogP contribution in [0, 0.1) is 0 Å². The second-order valence-corrected chi connectivity index (χ2v) is 8.65. The highest BCUT2D eigenvalue weighted by molar-refractivity contribution is 7.99. The number of carbonyl (C=O) groups is 1. The van der Waals surface area contributed by atoms with Gasteiger partial charge < -0.3 is 14.8 Å². The topological polar surface area (TPSA) is 91.2 Å². The number of rotatable bonds is 8. The number of nitrogens with one attached hydrogen (secondary N) is 1. The van der Waals surface area contributed by atoms with Crippen LogP contribution in [0.2, 0.25) is 0 Å². The third kappa shape index (κ3) is 5.20. The Bertz CT molecular complexity index is 1250. The molecule has 9 heteroatoms. The molecule has 0 saturated carbocycles. The van der Waals surface area contributed by atoms with Gasteiger partial charge in [0.15, 0.2) is 22.5 Å². The fourth-order valence-electron chi connectivity index (χ4n) is 3.59. The van der Waals surface area contributed by atoms with Crippen molar-refractivity contribution in [3.63, 3.8) is 0 Å². The minimum Gasteiger partial charge on any atom is -0.486 e. The van der Waals surface area contributed by atoms with Gasteiger partial charge in [-0.2, -0.15) is 0 Å². The third-order valence-electron chi connectivity index (χ3n) is 5.25. The van der Waals surface area contributed by atoms with Crippen LogP contribution in [0.1, 0.15) is 5.56 Å². The summed E-state index contributed by atoms with van der Waals surface area (Å²) in [4.78, 5) is 16.8. The molecule has 1 aliphatic rings. The van der Waals surface area contributed by atoms with Gasteiger partial charge in [-0.05, 0) is 29.8 Å². The van der Waals surface area contributed by atoms with Crippen molar-refractivity contribution in [1.82, 2.24) is 25.1 Å². The summed E-state index contributed by atoms with van der Waals surface area (Å²) in [6.45, 7) is 1.35. The van der Waals surface area contributed by atoms with Crippen molar-refractivity contribution in [1.29, 1.82) is 0 Å². The van der Waals surface area contributed by atoms with Gasteiger partial charge in [-0.15, -0.1) is 10.2 Å². The number of hydrogen-bond donors (Lipinski definition) is 1. The van der Waals surface area contributed by atoms with E-state index >= 15 is 0 Å². The highest BCUT2D eigenvalue weighted by atomic mass is 32.2. The smallest absolute Gasteiger partial charge is 0.230 e. The average Bonchev–Trinajstić information content (AvgIpc) is 3.29. The molecule has 1 atom stereocenters. The first-order chi connectivity index (χ1) is 16.8. The maximum absolute atomic E-state index is 12.6. The monoisotopic (exact) mass is 473 g/mol. The van der Waals surface area contributed by atoms with Gasteiger partial charge in [0.05, 0.1) is 18.8 Å². The van der Waals surface area contributed by atoms with E-state index in [0.717, 1.165) is 16.9 Å². The minimum absolute atomic E-state index is 0.107. The lowest BCUT2D eigenvalue weighted by Gasteiger charge is -2.26. The zero-order valence-electron chi connectivity index (χ0n) is 18.3. The molecule has 1 N–H and O–H groups in total. The molecule has 1 amide bonds. The van der Waals surface area contributed by atoms with Crippen molar-refractivity contribution in [3.8, 4) is 22.9 Å². The molecule has 0 bridgehead atoms.